The van der Waals surface area contributed by atoms with Crippen LogP contribution in [0, 0.1) is 6.92 Å². The number of nitrogens with two attached hydrogens (primary N) is 1. The van der Waals surface area contributed by atoms with Gasteiger partial charge >= 0.3 is 5.97 Å². The first kappa shape index (κ1) is 20.9. The number of primary sulfonamides is 1. The summed E-state index contributed by atoms with van der Waals surface area (Å²) >= 11 is 5.80. The van der Waals surface area contributed by atoms with Gasteiger partial charge in [0, 0.05) is 11.6 Å². The van der Waals surface area contributed by atoms with E-state index in [0.29, 0.717) is 10.6 Å². The fourth-order valence-electron chi connectivity index (χ4n) is 2.21. The summed E-state index contributed by atoms with van der Waals surface area (Å²) in [6.45, 7) is 3.29. The molecular weight excluding hydrogens is 392 g/mol. The minimum absolute atomic E-state index is 0.0267. The molecule has 2 rings (SSSR count). The van der Waals surface area contributed by atoms with Crippen LogP contribution >= 0.6 is 11.6 Å². The lowest BCUT2D eigenvalue weighted by Gasteiger charge is -2.15. The summed E-state index contributed by atoms with van der Waals surface area (Å²) in [4.78, 5) is 24.2. The fraction of sp³-hybridized carbons (Fsp3) is 0.222. The number of hydrogen-bond donors (Lipinski definition) is 2. The number of amides is 1. The molecule has 3 N–H and O–H groups in total. The molecule has 7 nitrogen and oxygen atoms in total. The van der Waals surface area contributed by atoms with Crippen LogP contribution in [-0.4, -0.2) is 26.4 Å². The van der Waals surface area contributed by atoms with E-state index < -0.39 is 28.0 Å². The highest BCUT2D eigenvalue weighted by molar-refractivity contribution is 7.89. The Balaban J connectivity index is 2.02. The summed E-state index contributed by atoms with van der Waals surface area (Å²) in [5, 5.41) is 8.31. The third-order valence-electron chi connectivity index (χ3n) is 3.79. The molecule has 2 aromatic rings. The summed E-state index contributed by atoms with van der Waals surface area (Å²) in [5.41, 5.74) is 1.36. The number of carbonyl (C=O) groups excluding carboxylic acids is 2. The zero-order chi connectivity index (χ0) is 20.2. The van der Waals surface area contributed by atoms with E-state index >= 15 is 0 Å². The number of sulfonamides is 1. The Morgan fingerprint density at radius 2 is 1.81 bits per heavy atom. The molecule has 0 heterocycles. The summed E-state index contributed by atoms with van der Waals surface area (Å²) in [7, 11) is -3.96. The van der Waals surface area contributed by atoms with Crippen molar-refractivity contribution in [2.75, 3.05) is 0 Å². The number of benzene rings is 2. The Morgan fingerprint density at radius 3 is 2.41 bits per heavy atom. The lowest BCUT2D eigenvalue weighted by atomic mass is 10.1. The van der Waals surface area contributed by atoms with Crippen LogP contribution in [0.3, 0.4) is 0 Å². The number of esters is 1. The van der Waals surface area contributed by atoms with Crippen molar-refractivity contribution in [3.05, 3.63) is 64.2 Å². The van der Waals surface area contributed by atoms with Crippen LogP contribution < -0.4 is 10.5 Å². The standard InChI is InChI=1S/C18H19ClN2O5S/c1-11-3-8-15(27(20,24)25)9-16(11)18(23)26-12(2)17(22)21-10-13-4-6-14(19)7-5-13/h3-9,12H,10H2,1-2H3,(H,21,22)(H2,20,24,25). The van der Waals surface area contributed by atoms with E-state index in [4.69, 9.17) is 21.5 Å². The van der Waals surface area contributed by atoms with E-state index in [2.05, 4.69) is 5.32 Å². The van der Waals surface area contributed by atoms with Gasteiger partial charge in [0.25, 0.3) is 5.91 Å². The summed E-state index contributed by atoms with van der Waals surface area (Å²) in [6, 6.07) is 10.8. The maximum absolute atomic E-state index is 12.3. The zero-order valence-corrected chi connectivity index (χ0v) is 16.3. The van der Waals surface area contributed by atoms with Crippen LogP contribution in [0.1, 0.15) is 28.4 Å². The highest BCUT2D eigenvalue weighted by Gasteiger charge is 2.21. The molecule has 2 aromatic carbocycles. The molecule has 0 aliphatic carbocycles. The Labute approximate surface area is 162 Å². The molecule has 1 amide bonds. The third-order valence-corrected chi connectivity index (χ3v) is 4.95. The summed E-state index contributed by atoms with van der Waals surface area (Å²) < 4.78 is 28.0. The van der Waals surface area contributed by atoms with Gasteiger partial charge in [-0.3, -0.25) is 4.79 Å². The van der Waals surface area contributed by atoms with Crippen molar-refractivity contribution in [1.29, 1.82) is 0 Å². The first-order valence-electron chi connectivity index (χ1n) is 7.94. The van der Waals surface area contributed by atoms with Crippen molar-refractivity contribution in [2.24, 2.45) is 5.14 Å². The highest BCUT2D eigenvalue weighted by atomic mass is 35.5. The SMILES string of the molecule is Cc1ccc(S(N)(=O)=O)cc1C(=O)OC(C)C(=O)NCc1ccc(Cl)cc1. The van der Waals surface area contributed by atoms with Crippen LogP contribution in [0.15, 0.2) is 47.4 Å². The lowest BCUT2D eigenvalue weighted by Crippen LogP contribution is -2.35. The number of rotatable bonds is 6. The normalized spacial score (nSPS) is 12.3. The second-order valence-corrected chi connectivity index (χ2v) is 7.91. The molecule has 0 aliphatic rings. The maximum atomic E-state index is 12.3. The molecule has 0 saturated heterocycles. The van der Waals surface area contributed by atoms with Gasteiger partial charge in [-0.15, -0.1) is 0 Å². The van der Waals surface area contributed by atoms with Gasteiger partial charge in [-0.2, -0.15) is 0 Å². The minimum atomic E-state index is -3.96. The van der Waals surface area contributed by atoms with Crippen LogP contribution in [0.4, 0.5) is 0 Å². The van der Waals surface area contributed by atoms with Gasteiger partial charge in [-0.25, -0.2) is 18.4 Å². The highest BCUT2D eigenvalue weighted by Crippen LogP contribution is 2.16. The van der Waals surface area contributed by atoms with E-state index in [0.717, 1.165) is 11.6 Å². The predicted octanol–water partition coefficient (Wildman–Crippen LogP) is 2.16. The Hall–Kier alpha value is -2.42. The van der Waals surface area contributed by atoms with Crippen molar-refractivity contribution < 1.29 is 22.7 Å². The second-order valence-electron chi connectivity index (χ2n) is 5.91. The fourth-order valence-corrected chi connectivity index (χ4v) is 2.88. The van der Waals surface area contributed by atoms with Gasteiger partial charge in [-0.05, 0) is 49.2 Å². The van der Waals surface area contributed by atoms with Crippen molar-refractivity contribution >= 4 is 33.5 Å². The molecule has 0 spiro atoms. The van der Waals surface area contributed by atoms with E-state index in [-0.39, 0.29) is 17.0 Å². The van der Waals surface area contributed by atoms with Crippen molar-refractivity contribution in [2.45, 2.75) is 31.4 Å². The van der Waals surface area contributed by atoms with Crippen LogP contribution in [-0.2, 0) is 26.1 Å². The van der Waals surface area contributed by atoms with Crippen LogP contribution in [0.5, 0.6) is 0 Å². The molecule has 27 heavy (non-hydrogen) atoms. The minimum Gasteiger partial charge on any atom is -0.449 e. The molecule has 1 unspecified atom stereocenters. The Kier molecular flexibility index (Phi) is 6.59. The molecule has 144 valence electrons. The predicted molar refractivity (Wildman–Crippen MR) is 101 cm³/mol. The average molecular weight is 411 g/mol. The number of carbonyl (C=O) groups is 2. The topological polar surface area (TPSA) is 116 Å². The molecular formula is C18H19ClN2O5S. The van der Waals surface area contributed by atoms with Gasteiger partial charge in [-0.1, -0.05) is 29.8 Å². The molecule has 9 heteroatoms. The number of nitrogens with one attached hydrogen (secondary N) is 1. The monoisotopic (exact) mass is 410 g/mol. The van der Waals surface area contributed by atoms with Crippen LogP contribution in [0.2, 0.25) is 5.02 Å². The second kappa shape index (κ2) is 8.51. The average Bonchev–Trinajstić information content (AvgIpc) is 2.60. The van der Waals surface area contributed by atoms with E-state index in [9.17, 15) is 18.0 Å². The lowest BCUT2D eigenvalue weighted by molar-refractivity contribution is -0.129. The Bertz CT molecular complexity index is 958. The molecule has 1 atom stereocenters. The zero-order valence-electron chi connectivity index (χ0n) is 14.7. The van der Waals surface area contributed by atoms with Gasteiger partial charge < -0.3 is 10.1 Å². The van der Waals surface area contributed by atoms with Crippen molar-refractivity contribution in [3.8, 4) is 0 Å². The van der Waals surface area contributed by atoms with Crippen molar-refractivity contribution in [3.63, 3.8) is 0 Å². The first-order valence-corrected chi connectivity index (χ1v) is 9.87. The third kappa shape index (κ3) is 5.78. The smallest absolute Gasteiger partial charge is 0.339 e. The maximum Gasteiger partial charge on any atom is 0.339 e. The molecule has 0 aromatic heterocycles. The largest absolute Gasteiger partial charge is 0.449 e. The van der Waals surface area contributed by atoms with Crippen LogP contribution in [0.25, 0.3) is 0 Å². The van der Waals surface area contributed by atoms with E-state index in [1.54, 1.807) is 31.2 Å². The quantitative estimate of drug-likeness (QED) is 0.708. The number of ether oxygens (including phenoxy) is 1. The first-order chi connectivity index (χ1) is 12.6. The van der Waals surface area contributed by atoms with E-state index in [1.807, 2.05) is 0 Å². The van der Waals surface area contributed by atoms with Crippen molar-refractivity contribution in [1.82, 2.24) is 5.32 Å². The number of aryl methyl sites for hydroxylation is 1. The molecule has 0 fully saturated rings. The van der Waals surface area contributed by atoms with Gasteiger partial charge in [0.15, 0.2) is 6.10 Å². The van der Waals surface area contributed by atoms with Gasteiger partial charge in [0.1, 0.15) is 0 Å². The van der Waals surface area contributed by atoms with E-state index in [1.165, 1.54) is 19.1 Å². The molecule has 0 aliphatic heterocycles. The molecule has 0 saturated carbocycles. The summed E-state index contributed by atoms with van der Waals surface area (Å²) in [5.74, 6) is -1.30. The molecule has 0 radical (unpaired) electrons. The number of hydrogen-bond acceptors (Lipinski definition) is 5. The Morgan fingerprint density at radius 1 is 1.19 bits per heavy atom. The molecule has 0 bridgehead atoms. The number of halogens is 1. The van der Waals surface area contributed by atoms with Gasteiger partial charge in [0.05, 0.1) is 10.5 Å². The summed E-state index contributed by atoms with van der Waals surface area (Å²) in [6.07, 6.45) is -1.07. The van der Waals surface area contributed by atoms with Gasteiger partial charge in [0.2, 0.25) is 10.0 Å².